The number of aliphatic hydroxyl groups excluding tert-OH is 1. The van der Waals surface area contributed by atoms with Gasteiger partial charge in [0, 0.05) is 24.7 Å². The van der Waals surface area contributed by atoms with Crippen LogP contribution >= 0.6 is 0 Å². The molecule has 0 aliphatic heterocycles. The Labute approximate surface area is 177 Å². The minimum atomic E-state index is -1.49. The van der Waals surface area contributed by atoms with Crippen LogP contribution in [0.2, 0.25) is 0 Å². The summed E-state index contributed by atoms with van der Waals surface area (Å²) in [5.41, 5.74) is 11.5. The zero-order valence-electron chi connectivity index (χ0n) is 16.8. The Morgan fingerprint density at radius 2 is 1.71 bits per heavy atom. The molecule has 0 fully saturated rings. The van der Waals surface area contributed by atoms with Crippen molar-refractivity contribution in [1.29, 1.82) is 0 Å². The van der Waals surface area contributed by atoms with Crippen molar-refractivity contribution in [3.8, 4) is 0 Å². The lowest BCUT2D eigenvalue weighted by atomic mass is 10.1. The maximum atomic E-state index is 12.6. The molecule has 14 nitrogen and oxygen atoms in total. The number of H-pyrrole nitrogens is 1. The van der Waals surface area contributed by atoms with Gasteiger partial charge in [0.15, 0.2) is 0 Å². The monoisotopic (exact) mass is 441 g/mol. The molecule has 0 bridgehead atoms. The quantitative estimate of drug-likeness (QED) is 0.149. The van der Waals surface area contributed by atoms with Gasteiger partial charge in [-0.05, 0) is 13.3 Å². The number of imidazole rings is 1. The predicted octanol–water partition coefficient (Wildman–Crippen LogP) is -3.90. The molecule has 4 atom stereocenters. The minimum absolute atomic E-state index is 0.102. The summed E-state index contributed by atoms with van der Waals surface area (Å²) in [4.78, 5) is 65.6. The summed E-state index contributed by atoms with van der Waals surface area (Å²) in [5.74, 6) is -4.57. The standard InChI is InChI=1S/C17H27N7O7/c1-8(17(30)31)22-16(29)12(6-25)24-15(28)11(2-3-13(19)26)23-14(27)10(18)4-9-5-20-7-21-9/h5,7-8,10-12,25H,2-4,6,18H2,1H3,(H2,19,26)(H,20,21)(H,22,29)(H,23,27)(H,24,28)(H,30,31). The van der Waals surface area contributed by atoms with Crippen LogP contribution in [0.5, 0.6) is 0 Å². The SMILES string of the molecule is CC(NC(=O)C(CO)NC(=O)C(CCC(N)=O)NC(=O)C(N)Cc1cnc[nH]1)C(=O)O. The van der Waals surface area contributed by atoms with Gasteiger partial charge in [-0.3, -0.25) is 24.0 Å². The summed E-state index contributed by atoms with van der Waals surface area (Å²) in [7, 11) is 0. The second-order valence-corrected chi connectivity index (χ2v) is 6.77. The van der Waals surface area contributed by atoms with Crippen molar-refractivity contribution < 1.29 is 34.2 Å². The van der Waals surface area contributed by atoms with Crippen molar-refractivity contribution in [3.05, 3.63) is 18.2 Å². The first-order valence-electron chi connectivity index (χ1n) is 9.31. The number of nitrogens with zero attached hydrogens (tertiary/aromatic N) is 1. The smallest absolute Gasteiger partial charge is 0.325 e. The van der Waals surface area contributed by atoms with E-state index >= 15 is 0 Å². The number of amides is 4. The molecular formula is C17H27N7O7. The van der Waals surface area contributed by atoms with Crippen molar-refractivity contribution in [3.63, 3.8) is 0 Å². The molecule has 31 heavy (non-hydrogen) atoms. The van der Waals surface area contributed by atoms with Crippen molar-refractivity contribution >= 4 is 29.6 Å². The number of nitrogens with one attached hydrogen (secondary N) is 4. The summed E-state index contributed by atoms with van der Waals surface area (Å²) in [6.07, 6.45) is 2.56. The van der Waals surface area contributed by atoms with Crippen LogP contribution in [0.1, 0.15) is 25.5 Å². The van der Waals surface area contributed by atoms with Crippen LogP contribution in [0.4, 0.5) is 0 Å². The van der Waals surface area contributed by atoms with E-state index < -0.39 is 60.4 Å². The van der Waals surface area contributed by atoms with Gasteiger partial charge in [0.2, 0.25) is 23.6 Å². The van der Waals surface area contributed by atoms with E-state index in [9.17, 15) is 29.1 Å². The molecule has 14 heteroatoms. The fraction of sp³-hybridized carbons (Fsp3) is 0.529. The molecule has 1 heterocycles. The lowest BCUT2D eigenvalue weighted by Gasteiger charge is -2.23. The topological polar surface area (TPSA) is 243 Å². The summed E-state index contributed by atoms with van der Waals surface area (Å²) in [5, 5.41) is 24.9. The number of nitrogens with two attached hydrogens (primary N) is 2. The Kier molecular flexibility index (Phi) is 10.1. The second-order valence-electron chi connectivity index (χ2n) is 6.77. The highest BCUT2D eigenvalue weighted by Crippen LogP contribution is 2.02. The molecule has 0 saturated heterocycles. The van der Waals surface area contributed by atoms with Gasteiger partial charge < -0.3 is 42.6 Å². The number of carbonyl (C=O) groups is 5. The Bertz CT molecular complexity index is 784. The zero-order valence-corrected chi connectivity index (χ0v) is 16.8. The fourth-order valence-corrected chi connectivity index (χ4v) is 2.40. The molecule has 1 aromatic rings. The van der Waals surface area contributed by atoms with E-state index in [0.29, 0.717) is 5.69 Å². The summed E-state index contributed by atoms with van der Waals surface area (Å²) < 4.78 is 0. The molecule has 0 spiro atoms. The van der Waals surface area contributed by atoms with Gasteiger partial charge in [-0.25, -0.2) is 4.98 Å². The Balaban J connectivity index is 2.81. The van der Waals surface area contributed by atoms with Gasteiger partial charge in [0.05, 0.1) is 19.0 Å². The number of hydrogen-bond donors (Lipinski definition) is 8. The fourth-order valence-electron chi connectivity index (χ4n) is 2.40. The molecule has 10 N–H and O–H groups in total. The van der Waals surface area contributed by atoms with Crippen LogP contribution in [0.3, 0.4) is 0 Å². The number of hydrogen-bond acceptors (Lipinski definition) is 8. The highest BCUT2D eigenvalue weighted by molar-refractivity contribution is 5.94. The number of aliphatic hydroxyl groups is 1. The third kappa shape index (κ3) is 8.79. The summed E-state index contributed by atoms with van der Waals surface area (Å²) in [6.45, 7) is 0.368. The number of carboxylic acid groups (broad SMARTS) is 1. The normalized spacial score (nSPS) is 14.5. The summed E-state index contributed by atoms with van der Waals surface area (Å²) in [6, 6.07) is -5.07. The molecule has 0 aliphatic carbocycles. The first-order chi connectivity index (χ1) is 14.5. The van der Waals surface area contributed by atoms with Gasteiger partial charge in [0.25, 0.3) is 0 Å². The van der Waals surface area contributed by atoms with E-state index in [2.05, 4.69) is 25.9 Å². The predicted molar refractivity (Wildman–Crippen MR) is 105 cm³/mol. The van der Waals surface area contributed by atoms with Crippen molar-refractivity contribution in [1.82, 2.24) is 25.9 Å². The minimum Gasteiger partial charge on any atom is -0.480 e. The van der Waals surface area contributed by atoms with Gasteiger partial charge in [-0.1, -0.05) is 0 Å². The van der Waals surface area contributed by atoms with E-state index in [-0.39, 0.29) is 19.3 Å². The third-order valence-corrected chi connectivity index (χ3v) is 4.19. The van der Waals surface area contributed by atoms with E-state index in [1.807, 2.05) is 0 Å². The number of aromatic amines is 1. The van der Waals surface area contributed by atoms with Gasteiger partial charge in [-0.15, -0.1) is 0 Å². The average molecular weight is 441 g/mol. The van der Waals surface area contributed by atoms with E-state index in [4.69, 9.17) is 16.6 Å². The number of rotatable bonds is 13. The molecule has 0 saturated carbocycles. The maximum absolute atomic E-state index is 12.6. The van der Waals surface area contributed by atoms with E-state index in [1.165, 1.54) is 19.4 Å². The van der Waals surface area contributed by atoms with Crippen LogP contribution in [-0.2, 0) is 30.4 Å². The third-order valence-electron chi connectivity index (χ3n) is 4.19. The zero-order chi connectivity index (χ0) is 23.6. The van der Waals surface area contributed by atoms with Crippen LogP contribution in [-0.4, -0.2) is 80.6 Å². The number of primary amides is 1. The molecule has 0 aliphatic rings. The average Bonchev–Trinajstić information content (AvgIpc) is 3.21. The first kappa shape index (κ1) is 25.5. The largest absolute Gasteiger partial charge is 0.480 e. The lowest BCUT2D eigenvalue weighted by molar-refractivity contribution is -0.142. The van der Waals surface area contributed by atoms with E-state index in [1.54, 1.807) is 0 Å². The molecule has 0 radical (unpaired) electrons. The van der Waals surface area contributed by atoms with Crippen molar-refractivity contribution in [2.45, 2.75) is 50.4 Å². The molecule has 1 rings (SSSR count). The highest BCUT2D eigenvalue weighted by Gasteiger charge is 2.29. The molecule has 4 amide bonds. The Morgan fingerprint density at radius 3 is 2.23 bits per heavy atom. The Morgan fingerprint density at radius 1 is 1.10 bits per heavy atom. The van der Waals surface area contributed by atoms with Crippen LogP contribution < -0.4 is 27.4 Å². The molecule has 1 aromatic heterocycles. The van der Waals surface area contributed by atoms with Crippen molar-refractivity contribution in [2.24, 2.45) is 11.5 Å². The number of aromatic nitrogens is 2. The highest BCUT2D eigenvalue weighted by atomic mass is 16.4. The second kappa shape index (κ2) is 12.2. The summed E-state index contributed by atoms with van der Waals surface area (Å²) >= 11 is 0. The molecule has 0 aromatic carbocycles. The first-order valence-corrected chi connectivity index (χ1v) is 9.31. The molecule has 172 valence electrons. The van der Waals surface area contributed by atoms with Gasteiger partial charge in [-0.2, -0.15) is 0 Å². The van der Waals surface area contributed by atoms with Crippen LogP contribution in [0.25, 0.3) is 0 Å². The van der Waals surface area contributed by atoms with Crippen LogP contribution in [0, 0.1) is 0 Å². The van der Waals surface area contributed by atoms with Crippen molar-refractivity contribution in [2.75, 3.05) is 6.61 Å². The molecule has 4 unspecified atom stereocenters. The van der Waals surface area contributed by atoms with Crippen LogP contribution in [0.15, 0.2) is 12.5 Å². The number of carboxylic acids is 1. The number of aliphatic carboxylic acids is 1. The maximum Gasteiger partial charge on any atom is 0.325 e. The van der Waals surface area contributed by atoms with Gasteiger partial charge in [0.1, 0.15) is 18.1 Å². The number of carbonyl (C=O) groups excluding carboxylic acids is 4. The van der Waals surface area contributed by atoms with Gasteiger partial charge >= 0.3 is 5.97 Å². The lowest BCUT2D eigenvalue weighted by Crippen LogP contribution is -2.58. The van der Waals surface area contributed by atoms with E-state index in [0.717, 1.165) is 0 Å². The molecular weight excluding hydrogens is 414 g/mol. The Hall–Kier alpha value is -3.52.